The van der Waals surface area contributed by atoms with Gasteiger partial charge >= 0.3 is 0 Å². The Balaban J connectivity index is 2.52. The van der Waals surface area contributed by atoms with Crippen LogP contribution in [0.1, 0.15) is 18.9 Å². The van der Waals surface area contributed by atoms with Crippen LogP contribution in [0.4, 0.5) is 8.78 Å². The van der Waals surface area contributed by atoms with Crippen LogP contribution in [0.15, 0.2) is 18.2 Å². The van der Waals surface area contributed by atoms with Gasteiger partial charge in [-0.05, 0) is 18.6 Å². The first kappa shape index (κ1) is 8.63. The smallest absolute Gasteiger partial charge is 0.129 e. The van der Waals surface area contributed by atoms with E-state index in [9.17, 15) is 8.78 Å². The van der Waals surface area contributed by atoms with Gasteiger partial charge in [0.1, 0.15) is 11.6 Å². The summed E-state index contributed by atoms with van der Waals surface area (Å²) >= 11 is 0. The van der Waals surface area contributed by atoms with Crippen molar-refractivity contribution >= 4 is 0 Å². The van der Waals surface area contributed by atoms with E-state index in [2.05, 4.69) is 0 Å². The van der Waals surface area contributed by atoms with E-state index in [4.69, 9.17) is 5.73 Å². The van der Waals surface area contributed by atoms with Gasteiger partial charge in [-0.3, -0.25) is 0 Å². The Hall–Kier alpha value is -0.960. The molecule has 1 saturated carbocycles. The zero-order valence-corrected chi connectivity index (χ0v) is 7.35. The lowest BCUT2D eigenvalue weighted by Crippen LogP contribution is -2.17. The lowest BCUT2D eigenvalue weighted by Gasteiger charge is -2.11. The van der Waals surface area contributed by atoms with Crippen LogP contribution in [0.3, 0.4) is 0 Å². The Kier molecular flexibility index (Phi) is 1.67. The number of nitrogens with two attached hydrogens (primary N) is 1. The molecule has 1 aromatic carbocycles. The van der Waals surface area contributed by atoms with Crippen molar-refractivity contribution in [2.75, 3.05) is 0 Å². The maximum absolute atomic E-state index is 13.3. The lowest BCUT2D eigenvalue weighted by atomic mass is 9.96. The predicted molar refractivity (Wildman–Crippen MR) is 46.3 cm³/mol. The number of halogens is 2. The average molecular weight is 183 g/mol. The zero-order chi connectivity index (χ0) is 9.64. The number of hydrogen-bond acceptors (Lipinski definition) is 1. The molecule has 13 heavy (non-hydrogen) atoms. The van der Waals surface area contributed by atoms with Gasteiger partial charge in [-0.2, -0.15) is 0 Å². The van der Waals surface area contributed by atoms with E-state index in [0.717, 1.165) is 0 Å². The highest BCUT2D eigenvalue weighted by Gasteiger charge is 2.51. The third kappa shape index (κ3) is 1.15. The quantitative estimate of drug-likeness (QED) is 0.707. The second kappa shape index (κ2) is 2.51. The van der Waals surface area contributed by atoms with Gasteiger partial charge in [-0.1, -0.05) is 13.0 Å². The summed E-state index contributed by atoms with van der Waals surface area (Å²) in [4.78, 5) is 0. The van der Waals surface area contributed by atoms with Crippen LogP contribution in [0.5, 0.6) is 0 Å². The number of hydrogen-bond donors (Lipinski definition) is 1. The van der Waals surface area contributed by atoms with Gasteiger partial charge in [0.05, 0.1) is 0 Å². The molecule has 0 spiro atoms. The van der Waals surface area contributed by atoms with E-state index >= 15 is 0 Å². The van der Waals surface area contributed by atoms with E-state index in [1.165, 1.54) is 18.2 Å². The lowest BCUT2D eigenvalue weighted by molar-refractivity contribution is 0.523. The molecule has 0 unspecified atom stereocenters. The van der Waals surface area contributed by atoms with Gasteiger partial charge in [0.15, 0.2) is 0 Å². The van der Waals surface area contributed by atoms with Gasteiger partial charge < -0.3 is 5.73 Å². The maximum Gasteiger partial charge on any atom is 0.129 e. The molecule has 70 valence electrons. The molecule has 1 aliphatic rings. The van der Waals surface area contributed by atoms with Crippen molar-refractivity contribution in [2.24, 2.45) is 5.73 Å². The third-order valence-electron chi connectivity index (χ3n) is 2.84. The Bertz CT molecular complexity index is 331. The SMILES string of the molecule is C[C@]1(c2c(F)cccc2F)C[C@H]1N. The summed E-state index contributed by atoms with van der Waals surface area (Å²) < 4.78 is 26.5. The molecule has 2 N–H and O–H groups in total. The molecule has 0 saturated heterocycles. The van der Waals surface area contributed by atoms with Crippen molar-refractivity contribution in [2.45, 2.75) is 24.8 Å². The molecule has 3 heteroatoms. The van der Waals surface area contributed by atoms with Gasteiger partial charge in [0.25, 0.3) is 0 Å². The van der Waals surface area contributed by atoms with Crippen LogP contribution in [0.25, 0.3) is 0 Å². The van der Waals surface area contributed by atoms with Crippen LogP contribution < -0.4 is 5.73 Å². The Morgan fingerprint density at radius 2 is 1.85 bits per heavy atom. The minimum Gasteiger partial charge on any atom is -0.327 e. The van der Waals surface area contributed by atoms with Crippen molar-refractivity contribution in [1.82, 2.24) is 0 Å². The minimum atomic E-state index is -0.491. The van der Waals surface area contributed by atoms with Crippen LogP contribution >= 0.6 is 0 Å². The fraction of sp³-hybridized carbons (Fsp3) is 0.400. The highest BCUT2D eigenvalue weighted by Crippen LogP contribution is 2.48. The minimum absolute atomic E-state index is 0.112. The topological polar surface area (TPSA) is 26.0 Å². The Morgan fingerprint density at radius 3 is 2.23 bits per heavy atom. The van der Waals surface area contributed by atoms with Crippen molar-refractivity contribution in [3.8, 4) is 0 Å². The molecular formula is C10H11F2N. The molecule has 0 bridgehead atoms. The van der Waals surface area contributed by atoms with Crippen LogP contribution in [-0.4, -0.2) is 6.04 Å². The summed E-state index contributed by atoms with van der Waals surface area (Å²) in [6.45, 7) is 1.79. The highest BCUT2D eigenvalue weighted by molar-refractivity contribution is 5.36. The molecule has 0 heterocycles. The molecule has 2 atom stereocenters. The third-order valence-corrected chi connectivity index (χ3v) is 2.84. The molecule has 0 radical (unpaired) electrons. The monoisotopic (exact) mass is 183 g/mol. The second-order valence-corrected chi connectivity index (χ2v) is 3.82. The van der Waals surface area contributed by atoms with E-state index < -0.39 is 17.0 Å². The second-order valence-electron chi connectivity index (χ2n) is 3.82. The van der Waals surface area contributed by atoms with Crippen molar-refractivity contribution in [1.29, 1.82) is 0 Å². The predicted octanol–water partition coefficient (Wildman–Crippen LogP) is 1.95. The van der Waals surface area contributed by atoms with Gasteiger partial charge in [0, 0.05) is 17.0 Å². The number of benzene rings is 1. The fourth-order valence-corrected chi connectivity index (χ4v) is 1.73. The van der Waals surface area contributed by atoms with E-state index in [1.807, 2.05) is 0 Å². The zero-order valence-electron chi connectivity index (χ0n) is 7.35. The normalized spacial score (nSPS) is 31.8. The van der Waals surface area contributed by atoms with Crippen molar-refractivity contribution in [3.05, 3.63) is 35.4 Å². The van der Waals surface area contributed by atoms with Crippen LogP contribution in [0.2, 0.25) is 0 Å². The van der Waals surface area contributed by atoms with E-state index in [-0.39, 0.29) is 11.6 Å². The fourth-order valence-electron chi connectivity index (χ4n) is 1.73. The summed E-state index contributed by atoms with van der Waals surface area (Å²) in [5.74, 6) is -0.981. The van der Waals surface area contributed by atoms with Crippen molar-refractivity contribution < 1.29 is 8.78 Å². The number of rotatable bonds is 1. The molecule has 1 fully saturated rings. The average Bonchev–Trinajstić information content (AvgIpc) is 2.59. The summed E-state index contributed by atoms with van der Waals surface area (Å²) in [5.41, 5.74) is 5.29. The molecule has 1 nitrogen and oxygen atoms in total. The first-order valence-corrected chi connectivity index (χ1v) is 4.26. The van der Waals surface area contributed by atoms with Gasteiger partial charge in [-0.15, -0.1) is 0 Å². The van der Waals surface area contributed by atoms with Crippen LogP contribution in [-0.2, 0) is 5.41 Å². The molecule has 0 amide bonds. The van der Waals surface area contributed by atoms with Crippen LogP contribution in [0, 0.1) is 11.6 Å². The summed E-state index contributed by atoms with van der Waals surface area (Å²) in [6.07, 6.45) is 0.658. The Morgan fingerprint density at radius 1 is 1.38 bits per heavy atom. The molecule has 0 aliphatic heterocycles. The Labute approximate surface area is 75.6 Å². The van der Waals surface area contributed by atoms with E-state index in [1.54, 1.807) is 6.92 Å². The molecule has 2 rings (SSSR count). The highest BCUT2D eigenvalue weighted by atomic mass is 19.1. The maximum atomic E-state index is 13.3. The molecule has 1 aromatic rings. The van der Waals surface area contributed by atoms with Gasteiger partial charge in [-0.25, -0.2) is 8.78 Å². The van der Waals surface area contributed by atoms with E-state index in [0.29, 0.717) is 6.42 Å². The largest absolute Gasteiger partial charge is 0.327 e. The summed E-state index contributed by atoms with van der Waals surface area (Å²) in [7, 11) is 0. The van der Waals surface area contributed by atoms with Gasteiger partial charge in [0.2, 0.25) is 0 Å². The first-order chi connectivity index (χ1) is 6.05. The summed E-state index contributed by atoms with van der Waals surface area (Å²) in [6, 6.07) is 3.80. The standard InChI is InChI=1S/C10H11F2N/c1-10(5-8(10)13)9-6(11)3-2-4-7(9)12/h2-4,8H,5,13H2,1H3/t8-,10+/m1/s1. The summed E-state index contributed by atoms with van der Waals surface area (Å²) in [5, 5.41) is 0. The first-order valence-electron chi connectivity index (χ1n) is 4.26. The molecule has 0 aromatic heterocycles. The molecule has 1 aliphatic carbocycles. The molecular weight excluding hydrogens is 172 g/mol. The van der Waals surface area contributed by atoms with Crippen molar-refractivity contribution in [3.63, 3.8) is 0 Å².